The van der Waals surface area contributed by atoms with Gasteiger partial charge in [0.05, 0.1) is 11.6 Å². The van der Waals surface area contributed by atoms with Crippen molar-refractivity contribution in [1.82, 2.24) is 15.0 Å². The molecule has 2 aromatic rings. The number of amides is 1. The van der Waals surface area contributed by atoms with E-state index in [1.165, 1.54) is 12.1 Å². The summed E-state index contributed by atoms with van der Waals surface area (Å²) >= 11 is 0. The molecule has 9 nitrogen and oxygen atoms in total. The maximum absolute atomic E-state index is 12.3. The van der Waals surface area contributed by atoms with Crippen LogP contribution in [0.2, 0.25) is 0 Å². The fourth-order valence-corrected chi connectivity index (χ4v) is 3.60. The number of benzene rings is 1. The summed E-state index contributed by atoms with van der Waals surface area (Å²) in [6.45, 7) is 8.06. The molecule has 1 saturated heterocycles. The van der Waals surface area contributed by atoms with Gasteiger partial charge in [-0.25, -0.2) is 0 Å². The van der Waals surface area contributed by atoms with E-state index in [4.69, 9.17) is 4.52 Å². The number of carbonyl (C=O) groups excluding carboxylic acids is 1. The molecule has 0 bridgehead atoms. The topological polar surface area (TPSA) is 119 Å². The van der Waals surface area contributed by atoms with E-state index in [-0.39, 0.29) is 18.1 Å². The summed E-state index contributed by atoms with van der Waals surface area (Å²) in [6, 6.07) is 6.07. The van der Waals surface area contributed by atoms with Gasteiger partial charge in [0.2, 0.25) is 5.91 Å². The van der Waals surface area contributed by atoms with Crippen molar-refractivity contribution in [1.29, 1.82) is 0 Å². The Bertz CT molecular complexity index is 853. The SMILES string of the molecule is Cc1noc(C)c1CN1CCN(CC(CC(=O)Nc2ccc(O)cc2)C(=O)O)CC1. The molecule has 0 aliphatic carbocycles. The van der Waals surface area contributed by atoms with Crippen molar-refractivity contribution in [3.63, 3.8) is 0 Å². The molecule has 2 heterocycles. The highest BCUT2D eigenvalue weighted by Crippen LogP contribution is 2.18. The van der Waals surface area contributed by atoms with Gasteiger partial charge >= 0.3 is 5.97 Å². The summed E-state index contributed by atoms with van der Waals surface area (Å²) in [6.07, 6.45) is -0.102. The van der Waals surface area contributed by atoms with E-state index in [9.17, 15) is 19.8 Å². The number of aliphatic carboxylic acids is 1. The number of phenols is 1. The second-order valence-electron chi connectivity index (χ2n) is 7.71. The Balaban J connectivity index is 1.48. The van der Waals surface area contributed by atoms with Crippen LogP contribution in [0.15, 0.2) is 28.8 Å². The highest BCUT2D eigenvalue weighted by molar-refractivity contribution is 5.93. The quantitative estimate of drug-likeness (QED) is 0.558. The van der Waals surface area contributed by atoms with Crippen molar-refractivity contribution in [2.24, 2.45) is 5.92 Å². The average molecular weight is 416 g/mol. The molecular weight excluding hydrogens is 388 g/mol. The molecule has 0 saturated carbocycles. The van der Waals surface area contributed by atoms with E-state index >= 15 is 0 Å². The van der Waals surface area contributed by atoms with E-state index in [1.54, 1.807) is 12.1 Å². The predicted molar refractivity (Wildman–Crippen MR) is 110 cm³/mol. The molecular formula is C21H28N4O5. The lowest BCUT2D eigenvalue weighted by Crippen LogP contribution is -2.48. The van der Waals surface area contributed by atoms with Crippen LogP contribution in [0.3, 0.4) is 0 Å². The number of rotatable bonds is 8. The molecule has 162 valence electrons. The zero-order valence-corrected chi connectivity index (χ0v) is 17.3. The first kappa shape index (κ1) is 21.8. The van der Waals surface area contributed by atoms with Gasteiger partial charge in [-0.1, -0.05) is 5.16 Å². The minimum atomic E-state index is -0.978. The van der Waals surface area contributed by atoms with Crippen LogP contribution in [0.1, 0.15) is 23.4 Å². The van der Waals surface area contributed by atoms with Crippen LogP contribution in [0, 0.1) is 19.8 Å². The summed E-state index contributed by atoms with van der Waals surface area (Å²) in [5.74, 6) is -1.18. The van der Waals surface area contributed by atoms with Crippen molar-refractivity contribution in [2.75, 3.05) is 38.0 Å². The number of aromatic nitrogens is 1. The van der Waals surface area contributed by atoms with E-state index in [1.807, 2.05) is 13.8 Å². The van der Waals surface area contributed by atoms with Gasteiger partial charge < -0.3 is 20.1 Å². The molecule has 1 aliphatic rings. The Morgan fingerprint density at radius 2 is 1.77 bits per heavy atom. The first-order chi connectivity index (χ1) is 14.3. The monoisotopic (exact) mass is 416 g/mol. The third-order valence-corrected chi connectivity index (χ3v) is 5.44. The van der Waals surface area contributed by atoms with Crippen LogP contribution < -0.4 is 5.32 Å². The standard InChI is InChI=1S/C21H28N4O5/c1-14-19(15(2)30-23-14)13-25-9-7-24(8-10-25)12-16(21(28)29)11-20(27)22-17-3-5-18(26)6-4-17/h3-6,16,26H,7-13H2,1-2H3,(H,22,27)(H,28,29). The number of anilines is 1. The van der Waals surface area contributed by atoms with Gasteiger partial charge in [0, 0.05) is 56.9 Å². The molecule has 1 fully saturated rings. The van der Waals surface area contributed by atoms with E-state index in [2.05, 4.69) is 20.3 Å². The van der Waals surface area contributed by atoms with Crippen molar-refractivity contribution in [2.45, 2.75) is 26.8 Å². The zero-order chi connectivity index (χ0) is 21.7. The Labute approximate surface area is 175 Å². The van der Waals surface area contributed by atoms with Crippen LogP contribution >= 0.6 is 0 Å². The van der Waals surface area contributed by atoms with Crippen LogP contribution in [0.25, 0.3) is 0 Å². The summed E-state index contributed by atoms with van der Waals surface area (Å²) in [4.78, 5) is 28.4. The van der Waals surface area contributed by atoms with E-state index in [0.29, 0.717) is 12.2 Å². The Morgan fingerprint density at radius 3 is 2.33 bits per heavy atom. The summed E-state index contributed by atoms with van der Waals surface area (Å²) in [7, 11) is 0. The number of piperazine rings is 1. The van der Waals surface area contributed by atoms with Crippen LogP contribution in [-0.4, -0.2) is 69.8 Å². The number of carbonyl (C=O) groups is 2. The highest BCUT2D eigenvalue weighted by Gasteiger charge is 2.27. The van der Waals surface area contributed by atoms with Gasteiger partial charge in [0.1, 0.15) is 11.5 Å². The fourth-order valence-electron chi connectivity index (χ4n) is 3.60. The van der Waals surface area contributed by atoms with E-state index < -0.39 is 11.9 Å². The number of nitrogens with zero attached hydrogens (tertiary/aromatic N) is 3. The van der Waals surface area contributed by atoms with Crippen LogP contribution in [0.4, 0.5) is 5.69 Å². The van der Waals surface area contributed by atoms with Crippen LogP contribution in [0.5, 0.6) is 5.75 Å². The van der Waals surface area contributed by atoms with Crippen molar-refractivity contribution in [3.8, 4) is 5.75 Å². The summed E-state index contributed by atoms with van der Waals surface area (Å²) in [5.41, 5.74) is 2.54. The molecule has 1 aromatic carbocycles. The lowest BCUT2D eigenvalue weighted by molar-refractivity contribution is -0.144. The molecule has 0 radical (unpaired) electrons. The van der Waals surface area contributed by atoms with Gasteiger partial charge in [-0.2, -0.15) is 0 Å². The van der Waals surface area contributed by atoms with Crippen LogP contribution in [-0.2, 0) is 16.1 Å². The van der Waals surface area contributed by atoms with Gasteiger partial charge in [0.15, 0.2) is 0 Å². The second-order valence-corrected chi connectivity index (χ2v) is 7.71. The Hall–Kier alpha value is -2.91. The average Bonchev–Trinajstić information content (AvgIpc) is 3.02. The molecule has 9 heteroatoms. The maximum Gasteiger partial charge on any atom is 0.308 e. The lowest BCUT2D eigenvalue weighted by atomic mass is 10.0. The number of carboxylic acids is 1. The van der Waals surface area contributed by atoms with Crippen molar-refractivity contribution >= 4 is 17.6 Å². The fraction of sp³-hybridized carbons (Fsp3) is 0.476. The number of aryl methyl sites for hydroxylation is 2. The largest absolute Gasteiger partial charge is 0.508 e. The lowest BCUT2D eigenvalue weighted by Gasteiger charge is -2.35. The zero-order valence-electron chi connectivity index (χ0n) is 17.3. The normalized spacial score (nSPS) is 16.3. The minimum absolute atomic E-state index is 0.102. The third kappa shape index (κ3) is 5.80. The smallest absolute Gasteiger partial charge is 0.308 e. The van der Waals surface area contributed by atoms with Gasteiger partial charge in [-0.3, -0.25) is 19.4 Å². The molecule has 1 amide bonds. The molecule has 30 heavy (non-hydrogen) atoms. The first-order valence-corrected chi connectivity index (χ1v) is 10.00. The predicted octanol–water partition coefficient (Wildman–Crippen LogP) is 1.84. The number of hydrogen-bond acceptors (Lipinski definition) is 7. The molecule has 1 atom stereocenters. The molecule has 3 rings (SSSR count). The number of phenolic OH excluding ortho intramolecular Hbond substituents is 1. The molecule has 0 spiro atoms. The number of carboxylic acid groups (broad SMARTS) is 1. The Morgan fingerprint density at radius 1 is 1.13 bits per heavy atom. The molecule has 1 unspecified atom stereocenters. The Kier molecular flexibility index (Phi) is 7.07. The summed E-state index contributed by atoms with van der Waals surface area (Å²) in [5, 5.41) is 25.5. The molecule has 1 aromatic heterocycles. The second kappa shape index (κ2) is 9.73. The van der Waals surface area contributed by atoms with Gasteiger partial charge in [-0.05, 0) is 38.1 Å². The number of aromatic hydroxyl groups is 1. The number of nitrogens with one attached hydrogen (secondary N) is 1. The highest BCUT2D eigenvalue weighted by atomic mass is 16.5. The number of hydrogen-bond donors (Lipinski definition) is 3. The minimum Gasteiger partial charge on any atom is -0.508 e. The van der Waals surface area contributed by atoms with Gasteiger partial charge in [-0.15, -0.1) is 0 Å². The van der Waals surface area contributed by atoms with Gasteiger partial charge in [0.25, 0.3) is 0 Å². The summed E-state index contributed by atoms with van der Waals surface area (Å²) < 4.78 is 5.22. The first-order valence-electron chi connectivity index (χ1n) is 10.00. The molecule has 1 aliphatic heterocycles. The molecule has 3 N–H and O–H groups in total. The third-order valence-electron chi connectivity index (χ3n) is 5.44. The maximum atomic E-state index is 12.3. The van der Waals surface area contributed by atoms with E-state index in [0.717, 1.165) is 49.7 Å². The van der Waals surface area contributed by atoms with Crippen molar-refractivity contribution in [3.05, 3.63) is 41.3 Å². The van der Waals surface area contributed by atoms with Crippen molar-refractivity contribution < 1.29 is 24.3 Å².